The van der Waals surface area contributed by atoms with E-state index in [1.807, 2.05) is 0 Å². The molecular weight excluding hydrogens is 230 g/mol. The predicted molar refractivity (Wildman–Crippen MR) is 81.4 cm³/mol. The van der Waals surface area contributed by atoms with E-state index < -0.39 is 0 Å². The van der Waals surface area contributed by atoms with Crippen LogP contribution in [0.5, 0.6) is 0 Å². The van der Waals surface area contributed by atoms with Crippen molar-refractivity contribution in [2.45, 2.75) is 63.8 Å². The Morgan fingerprint density at radius 2 is 1.68 bits per heavy atom. The average molecular weight is 257 g/mol. The van der Waals surface area contributed by atoms with Crippen LogP contribution in [-0.2, 0) is 0 Å². The van der Waals surface area contributed by atoms with Gasteiger partial charge in [0, 0.05) is 6.04 Å². The molecule has 0 aromatic heterocycles. The van der Waals surface area contributed by atoms with Gasteiger partial charge in [-0.15, -0.1) is 0 Å². The van der Waals surface area contributed by atoms with Gasteiger partial charge in [-0.2, -0.15) is 0 Å². The van der Waals surface area contributed by atoms with Gasteiger partial charge in [-0.3, -0.25) is 0 Å². The first kappa shape index (κ1) is 13.2. The molecule has 2 aliphatic rings. The standard InChI is InChI=1S/C18H27N/c1-2-19-18(16-6-3-4-7-16)17-12-10-15(11-13-17)14-8-5-9-14/h10-14,16,18-19H,2-9H2,1H3. The van der Waals surface area contributed by atoms with Crippen molar-refractivity contribution in [3.63, 3.8) is 0 Å². The van der Waals surface area contributed by atoms with Gasteiger partial charge in [0.25, 0.3) is 0 Å². The first-order valence-corrected chi connectivity index (χ1v) is 8.21. The van der Waals surface area contributed by atoms with Gasteiger partial charge < -0.3 is 5.32 Å². The molecule has 1 unspecified atom stereocenters. The van der Waals surface area contributed by atoms with Crippen molar-refractivity contribution in [2.24, 2.45) is 5.92 Å². The summed E-state index contributed by atoms with van der Waals surface area (Å²) in [5, 5.41) is 3.72. The molecule has 2 saturated carbocycles. The van der Waals surface area contributed by atoms with Gasteiger partial charge in [-0.1, -0.05) is 50.5 Å². The highest BCUT2D eigenvalue weighted by Crippen LogP contribution is 2.38. The molecule has 1 N–H and O–H groups in total. The van der Waals surface area contributed by atoms with E-state index >= 15 is 0 Å². The summed E-state index contributed by atoms with van der Waals surface area (Å²) in [6.45, 7) is 3.30. The molecule has 104 valence electrons. The normalized spacial score (nSPS) is 22.4. The predicted octanol–water partition coefficient (Wildman–Crippen LogP) is 4.79. The van der Waals surface area contributed by atoms with E-state index in [0.717, 1.165) is 18.4 Å². The Balaban J connectivity index is 1.73. The van der Waals surface area contributed by atoms with Gasteiger partial charge >= 0.3 is 0 Å². The maximum Gasteiger partial charge on any atom is 0.0348 e. The van der Waals surface area contributed by atoms with E-state index in [4.69, 9.17) is 0 Å². The Morgan fingerprint density at radius 1 is 1.00 bits per heavy atom. The molecule has 0 amide bonds. The summed E-state index contributed by atoms with van der Waals surface area (Å²) in [6, 6.07) is 10.1. The van der Waals surface area contributed by atoms with Gasteiger partial charge in [-0.25, -0.2) is 0 Å². The molecule has 1 aromatic carbocycles. The molecule has 2 aliphatic carbocycles. The Hall–Kier alpha value is -0.820. The van der Waals surface area contributed by atoms with Crippen LogP contribution in [0.3, 0.4) is 0 Å². The summed E-state index contributed by atoms with van der Waals surface area (Å²) in [4.78, 5) is 0. The van der Waals surface area contributed by atoms with Crippen LogP contribution in [0.15, 0.2) is 24.3 Å². The second-order valence-electron chi connectivity index (χ2n) is 6.37. The molecule has 0 aliphatic heterocycles. The molecule has 0 radical (unpaired) electrons. The highest BCUT2D eigenvalue weighted by Gasteiger charge is 2.26. The Bertz CT molecular complexity index is 385. The second kappa shape index (κ2) is 6.09. The zero-order chi connectivity index (χ0) is 13.1. The van der Waals surface area contributed by atoms with Gasteiger partial charge in [-0.05, 0) is 55.2 Å². The van der Waals surface area contributed by atoms with Gasteiger partial charge in [0.1, 0.15) is 0 Å². The number of benzene rings is 1. The van der Waals surface area contributed by atoms with Crippen molar-refractivity contribution in [3.8, 4) is 0 Å². The summed E-state index contributed by atoms with van der Waals surface area (Å²) >= 11 is 0. The van der Waals surface area contributed by atoms with Gasteiger partial charge in [0.15, 0.2) is 0 Å². The first-order valence-electron chi connectivity index (χ1n) is 8.21. The van der Waals surface area contributed by atoms with Crippen molar-refractivity contribution in [3.05, 3.63) is 35.4 Å². The van der Waals surface area contributed by atoms with Crippen LogP contribution >= 0.6 is 0 Å². The molecule has 19 heavy (non-hydrogen) atoms. The minimum absolute atomic E-state index is 0.586. The summed E-state index contributed by atoms with van der Waals surface area (Å²) < 4.78 is 0. The summed E-state index contributed by atoms with van der Waals surface area (Å²) in [6.07, 6.45) is 9.88. The lowest BCUT2D eigenvalue weighted by atomic mass is 9.79. The van der Waals surface area contributed by atoms with E-state index in [1.165, 1.54) is 50.5 Å². The molecule has 1 heteroatoms. The zero-order valence-corrected chi connectivity index (χ0v) is 12.2. The largest absolute Gasteiger partial charge is 0.310 e. The quantitative estimate of drug-likeness (QED) is 0.799. The van der Waals surface area contributed by atoms with Crippen LogP contribution in [-0.4, -0.2) is 6.54 Å². The van der Waals surface area contributed by atoms with Crippen LogP contribution in [0.25, 0.3) is 0 Å². The summed E-state index contributed by atoms with van der Waals surface area (Å²) in [5.41, 5.74) is 3.08. The molecule has 3 rings (SSSR count). The van der Waals surface area contributed by atoms with Crippen molar-refractivity contribution in [1.29, 1.82) is 0 Å². The fourth-order valence-electron chi connectivity index (χ4n) is 3.78. The SMILES string of the molecule is CCNC(c1ccc(C2CCC2)cc1)C1CCCC1. The molecule has 0 bridgehead atoms. The van der Waals surface area contributed by atoms with E-state index in [-0.39, 0.29) is 0 Å². The minimum Gasteiger partial charge on any atom is -0.310 e. The number of nitrogens with one attached hydrogen (secondary N) is 1. The van der Waals surface area contributed by atoms with E-state index in [9.17, 15) is 0 Å². The van der Waals surface area contributed by atoms with Crippen molar-refractivity contribution >= 4 is 0 Å². The van der Waals surface area contributed by atoms with Gasteiger partial charge in [0.2, 0.25) is 0 Å². The monoisotopic (exact) mass is 257 g/mol. The lowest BCUT2D eigenvalue weighted by molar-refractivity contribution is 0.374. The average Bonchev–Trinajstić information content (AvgIpc) is 2.89. The van der Waals surface area contributed by atoms with Crippen LogP contribution in [0, 0.1) is 5.92 Å². The molecule has 0 spiro atoms. The number of hydrogen-bond donors (Lipinski definition) is 1. The molecule has 0 heterocycles. The third-order valence-corrected chi connectivity index (χ3v) is 5.17. The fourth-order valence-corrected chi connectivity index (χ4v) is 3.78. The number of hydrogen-bond acceptors (Lipinski definition) is 1. The smallest absolute Gasteiger partial charge is 0.0348 e. The molecule has 1 aromatic rings. The van der Waals surface area contributed by atoms with Crippen LogP contribution < -0.4 is 5.32 Å². The highest BCUT2D eigenvalue weighted by molar-refractivity contribution is 5.29. The van der Waals surface area contributed by atoms with Crippen LogP contribution in [0.4, 0.5) is 0 Å². The van der Waals surface area contributed by atoms with Crippen molar-refractivity contribution < 1.29 is 0 Å². The van der Waals surface area contributed by atoms with Crippen LogP contribution in [0.2, 0.25) is 0 Å². The van der Waals surface area contributed by atoms with Gasteiger partial charge in [0.05, 0.1) is 0 Å². The molecule has 1 nitrogen and oxygen atoms in total. The lowest BCUT2D eigenvalue weighted by Crippen LogP contribution is -2.27. The van der Waals surface area contributed by atoms with E-state index in [0.29, 0.717) is 6.04 Å². The molecule has 1 atom stereocenters. The maximum atomic E-state index is 3.72. The Kier molecular flexibility index (Phi) is 4.22. The van der Waals surface area contributed by atoms with Crippen molar-refractivity contribution in [2.75, 3.05) is 6.54 Å². The molecule has 0 saturated heterocycles. The summed E-state index contributed by atoms with van der Waals surface area (Å²) in [5.74, 6) is 1.72. The van der Waals surface area contributed by atoms with Crippen molar-refractivity contribution in [1.82, 2.24) is 5.32 Å². The number of rotatable bonds is 5. The van der Waals surface area contributed by atoms with E-state index in [1.54, 1.807) is 5.56 Å². The molecular formula is C18H27N. The second-order valence-corrected chi connectivity index (χ2v) is 6.37. The maximum absolute atomic E-state index is 3.72. The Morgan fingerprint density at radius 3 is 2.21 bits per heavy atom. The Labute approximate surface area is 117 Å². The fraction of sp³-hybridized carbons (Fsp3) is 0.667. The third kappa shape index (κ3) is 2.86. The summed E-state index contributed by atoms with van der Waals surface area (Å²) in [7, 11) is 0. The topological polar surface area (TPSA) is 12.0 Å². The highest BCUT2D eigenvalue weighted by atomic mass is 14.9. The van der Waals surface area contributed by atoms with E-state index in [2.05, 4.69) is 36.5 Å². The first-order chi connectivity index (χ1) is 9.38. The lowest BCUT2D eigenvalue weighted by Gasteiger charge is -2.28. The molecule has 2 fully saturated rings. The zero-order valence-electron chi connectivity index (χ0n) is 12.2. The van der Waals surface area contributed by atoms with Crippen LogP contribution in [0.1, 0.15) is 75.0 Å². The third-order valence-electron chi connectivity index (χ3n) is 5.17. The minimum atomic E-state index is 0.586.